The first-order valence-corrected chi connectivity index (χ1v) is 6.35. The van der Waals surface area contributed by atoms with E-state index in [9.17, 15) is 0 Å². The Balaban J connectivity index is 1.98. The van der Waals surface area contributed by atoms with Gasteiger partial charge in [0.2, 0.25) is 0 Å². The monoisotopic (exact) mass is 284 g/mol. The predicted octanol–water partition coefficient (Wildman–Crippen LogP) is 1.91. The lowest BCUT2D eigenvalue weighted by atomic mass is 10.2. The number of benzene rings is 1. The molecule has 0 amide bonds. The Morgan fingerprint density at radius 2 is 2.44 bits per heavy atom. The van der Waals surface area contributed by atoms with Gasteiger partial charge in [0.05, 0.1) is 7.11 Å². The summed E-state index contributed by atoms with van der Waals surface area (Å²) >= 11 is 3.48. The molecule has 3 nitrogen and oxygen atoms in total. The molecule has 1 aromatic rings. The zero-order valence-electron chi connectivity index (χ0n) is 9.42. The Morgan fingerprint density at radius 1 is 1.56 bits per heavy atom. The van der Waals surface area contributed by atoms with E-state index in [0.29, 0.717) is 6.04 Å². The van der Waals surface area contributed by atoms with Crippen molar-refractivity contribution in [3.63, 3.8) is 0 Å². The van der Waals surface area contributed by atoms with Crippen LogP contribution in [0.15, 0.2) is 22.7 Å². The van der Waals surface area contributed by atoms with Crippen molar-refractivity contribution in [2.45, 2.75) is 19.0 Å². The SMILES string of the molecule is COc1ccc(Br)cc1CNC1CCNC1. The lowest BCUT2D eigenvalue weighted by Gasteiger charge is -2.13. The van der Waals surface area contributed by atoms with Crippen molar-refractivity contribution in [2.24, 2.45) is 0 Å². The third-order valence-corrected chi connectivity index (χ3v) is 3.38. The van der Waals surface area contributed by atoms with E-state index in [2.05, 4.69) is 32.6 Å². The van der Waals surface area contributed by atoms with Gasteiger partial charge < -0.3 is 15.4 Å². The molecule has 1 atom stereocenters. The van der Waals surface area contributed by atoms with Crippen molar-refractivity contribution in [3.8, 4) is 5.75 Å². The van der Waals surface area contributed by atoms with Crippen LogP contribution in [0.3, 0.4) is 0 Å². The van der Waals surface area contributed by atoms with E-state index >= 15 is 0 Å². The summed E-state index contributed by atoms with van der Waals surface area (Å²) in [4.78, 5) is 0. The molecule has 4 heteroatoms. The first-order valence-electron chi connectivity index (χ1n) is 5.56. The summed E-state index contributed by atoms with van der Waals surface area (Å²) in [5.74, 6) is 0.946. The minimum absolute atomic E-state index is 0.587. The highest BCUT2D eigenvalue weighted by atomic mass is 79.9. The Kier molecular flexibility index (Phi) is 4.21. The van der Waals surface area contributed by atoms with Crippen LogP contribution in [0.4, 0.5) is 0 Å². The van der Waals surface area contributed by atoms with Gasteiger partial charge in [-0.05, 0) is 31.2 Å². The highest BCUT2D eigenvalue weighted by Gasteiger charge is 2.14. The van der Waals surface area contributed by atoms with E-state index in [1.54, 1.807) is 7.11 Å². The lowest BCUT2D eigenvalue weighted by Crippen LogP contribution is -2.30. The molecule has 16 heavy (non-hydrogen) atoms. The van der Waals surface area contributed by atoms with Gasteiger partial charge in [-0.1, -0.05) is 15.9 Å². The second kappa shape index (κ2) is 5.66. The van der Waals surface area contributed by atoms with Gasteiger partial charge in [0.25, 0.3) is 0 Å². The van der Waals surface area contributed by atoms with E-state index in [-0.39, 0.29) is 0 Å². The molecule has 0 radical (unpaired) electrons. The summed E-state index contributed by atoms with van der Waals surface area (Å²) in [6.07, 6.45) is 1.20. The van der Waals surface area contributed by atoms with Gasteiger partial charge in [-0.3, -0.25) is 0 Å². The van der Waals surface area contributed by atoms with E-state index in [1.807, 2.05) is 12.1 Å². The Hall–Kier alpha value is -0.580. The molecule has 88 valence electrons. The first kappa shape index (κ1) is 11.9. The number of hydrogen-bond acceptors (Lipinski definition) is 3. The van der Waals surface area contributed by atoms with Crippen LogP contribution >= 0.6 is 15.9 Å². The highest BCUT2D eigenvalue weighted by molar-refractivity contribution is 9.10. The normalized spacial score (nSPS) is 20.0. The average molecular weight is 285 g/mol. The predicted molar refractivity (Wildman–Crippen MR) is 68.8 cm³/mol. The zero-order chi connectivity index (χ0) is 11.4. The average Bonchev–Trinajstić information content (AvgIpc) is 2.79. The fraction of sp³-hybridized carbons (Fsp3) is 0.500. The fourth-order valence-electron chi connectivity index (χ4n) is 1.97. The van der Waals surface area contributed by atoms with E-state index < -0.39 is 0 Å². The first-order chi connectivity index (χ1) is 7.79. The van der Waals surface area contributed by atoms with Crippen molar-refractivity contribution in [3.05, 3.63) is 28.2 Å². The van der Waals surface area contributed by atoms with Crippen molar-refractivity contribution in [1.82, 2.24) is 10.6 Å². The van der Waals surface area contributed by atoms with Crippen LogP contribution in [0.2, 0.25) is 0 Å². The molecule has 1 aliphatic rings. The van der Waals surface area contributed by atoms with Crippen LogP contribution in [0.1, 0.15) is 12.0 Å². The largest absolute Gasteiger partial charge is 0.496 e. The third-order valence-electron chi connectivity index (χ3n) is 2.88. The van der Waals surface area contributed by atoms with Crippen LogP contribution < -0.4 is 15.4 Å². The van der Waals surface area contributed by atoms with E-state index in [4.69, 9.17) is 4.74 Å². The Labute approximate surface area is 105 Å². The van der Waals surface area contributed by atoms with Gasteiger partial charge in [-0.15, -0.1) is 0 Å². The van der Waals surface area contributed by atoms with Gasteiger partial charge in [0, 0.05) is 29.2 Å². The van der Waals surface area contributed by atoms with Gasteiger partial charge in [-0.25, -0.2) is 0 Å². The molecule has 0 spiro atoms. The van der Waals surface area contributed by atoms with Crippen LogP contribution in [-0.2, 0) is 6.54 Å². The third kappa shape index (κ3) is 2.97. The van der Waals surface area contributed by atoms with Crippen LogP contribution in [-0.4, -0.2) is 26.2 Å². The molecule has 0 aliphatic carbocycles. The molecule has 0 aromatic heterocycles. The molecule has 1 aliphatic heterocycles. The minimum atomic E-state index is 0.587. The summed E-state index contributed by atoms with van der Waals surface area (Å²) in [5.41, 5.74) is 1.20. The van der Waals surface area contributed by atoms with Gasteiger partial charge in [0.15, 0.2) is 0 Å². The number of hydrogen-bond donors (Lipinski definition) is 2. The number of methoxy groups -OCH3 is 1. The van der Waals surface area contributed by atoms with Crippen LogP contribution in [0, 0.1) is 0 Å². The number of nitrogens with one attached hydrogen (secondary N) is 2. The number of halogens is 1. The topological polar surface area (TPSA) is 33.3 Å². The fourth-order valence-corrected chi connectivity index (χ4v) is 2.38. The standard InChI is InChI=1S/C12H17BrN2O/c1-16-12-3-2-10(13)6-9(12)7-15-11-4-5-14-8-11/h2-3,6,11,14-15H,4-5,7-8H2,1H3. The summed E-state index contributed by atoms with van der Waals surface area (Å²) in [7, 11) is 1.71. The van der Waals surface area contributed by atoms with Gasteiger partial charge in [0.1, 0.15) is 5.75 Å². The van der Waals surface area contributed by atoms with E-state index in [1.165, 1.54) is 12.0 Å². The molecule has 1 unspecified atom stereocenters. The summed E-state index contributed by atoms with van der Waals surface area (Å²) < 4.78 is 6.43. The molecule has 1 fully saturated rings. The maximum atomic E-state index is 5.34. The highest BCUT2D eigenvalue weighted by Crippen LogP contribution is 2.22. The molecular weight excluding hydrogens is 268 g/mol. The van der Waals surface area contributed by atoms with E-state index in [0.717, 1.165) is 29.9 Å². The molecule has 0 saturated carbocycles. The summed E-state index contributed by atoms with van der Waals surface area (Å²) in [5, 5.41) is 6.88. The van der Waals surface area contributed by atoms with Crippen LogP contribution in [0.25, 0.3) is 0 Å². The molecule has 2 N–H and O–H groups in total. The summed E-state index contributed by atoms with van der Waals surface area (Å²) in [6, 6.07) is 6.69. The van der Waals surface area contributed by atoms with Crippen molar-refractivity contribution in [2.75, 3.05) is 20.2 Å². The smallest absolute Gasteiger partial charge is 0.123 e. The molecule has 1 aromatic carbocycles. The lowest BCUT2D eigenvalue weighted by molar-refractivity contribution is 0.405. The zero-order valence-corrected chi connectivity index (χ0v) is 11.0. The van der Waals surface area contributed by atoms with Crippen molar-refractivity contribution in [1.29, 1.82) is 0 Å². The van der Waals surface area contributed by atoms with Gasteiger partial charge >= 0.3 is 0 Å². The number of ether oxygens (including phenoxy) is 1. The Bertz CT molecular complexity index is 351. The van der Waals surface area contributed by atoms with Crippen LogP contribution in [0.5, 0.6) is 5.75 Å². The second-order valence-corrected chi connectivity index (χ2v) is 4.94. The maximum Gasteiger partial charge on any atom is 0.123 e. The maximum absolute atomic E-state index is 5.34. The van der Waals surface area contributed by atoms with Gasteiger partial charge in [-0.2, -0.15) is 0 Å². The molecule has 0 bridgehead atoms. The Morgan fingerprint density at radius 3 is 3.12 bits per heavy atom. The number of rotatable bonds is 4. The van der Waals surface area contributed by atoms with Crippen molar-refractivity contribution < 1.29 is 4.74 Å². The quantitative estimate of drug-likeness (QED) is 0.886. The van der Waals surface area contributed by atoms with Crippen molar-refractivity contribution >= 4 is 15.9 Å². The molecule has 1 heterocycles. The molecule has 2 rings (SSSR count). The molecular formula is C12H17BrN2O. The second-order valence-electron chi connectivity index (χ2n) is 4.03. The molecule has 1 saturated heterocycles. The minimum Gasteiger partial charge on any atom is -0.496 e. The summed E-state index contributed by atoms with van der Waals surface area (Å²) in [6.45, 7) is 3.04.